The fourth-order valence-electron chi connectivity index (χ4n) is 2.53. The smallest absolute Gasteiger partial charge is 0.301 e. The molecule has 7 nitrogen and oxygen atoms in total. The van der Waals surface area contributed by atoms with Crippen molar-refractivity contribution in [1.29, 1.82) is 0 Å². The number of anilines is 1. The molecule has 0 spiro atoms. The average molecular weight is 344 g/mol. The van der Waals surface area contributed by atoms with Gasteiger partial charge in [0, 0.05) is 26.3 Å². The number of benzene rings is 1. The minimum atomic E-state index is -3.59. The van der Waals surface area contributed by atoms with Gasteiger partial charge in [0.1, 0.15) is 0 Å². The zero-order valence-corrected chi connectivity index (χ0v) is 14.6. The van der Waals surface area contributed by atoms with Crippen molar-refractivity contribution in [2.45, 2.75) is 25.9 Å². The van der Waals surface area contributed by atoms with Gasteiger partial charge in [-0.3, -0.25) is 4.72 Å². The van der Waals surface area contributed by atoms with E-state index in [1.165, 1.54) is 4.31 Å². The number of methoxy groups -OCH3 is 2. The number of hydrogen-bond donors (Lipinski definition) is 1. The molecule has 0 unspecified atom stereocenters. The fraction of sp³-hybridized carbons (Fsp3) is 0.600. The van der Waals surface area contributed by atoms with Crippen molar-refractivity contribution in [3.8, 4) is 11.5 Å². The van der Waals surface area contributed by atoms with Crippen molar-refractivity contribution >= 4 is 15.9 Å². The van der Waals surface area contributed by atoms with Crippen LogP contribution in [0.5, 0.6) is 11.5 Å². The first-order valence-electron chi connectivity index (χ1n) is 7.61. The van der Waals surface area contributed by atoms with E-state index < -0.39 is 10.2 Å². The molecule has 8 heteroatoms. The van der Waals surface area contributed by atoms with Crippen LogP contribution in [0.2, 0.25) is 0 Å². The van der Waals surface area contributed by atoms with E-state index in [2.05, 4.69) is 4.72 Å². The Morgan fingerprint density at radius 3 is 2.48 bits per heavy atom. The summed E-state index contributed by atoms with van der Waals surface area (Å²) >= 11 is 0. The lowest BCUT2D eigenvalue weighted by molar-refractivity contribution is 0.0606. The average Bonchev–Trinajstić information content (AvgIpc) is 2.55. The van der Waals surface area contributed by atoms with E-state index in [4.69, 9.17) is 14.2 Å². The van der Waals surface area contributed by atoms with Crippen molar-refractivity contribution in [1.82, 2.24) is 4.31 Å². The highest BCUT2D eigenvalue weighted by molar-refractivity contribution is 7.90. The van der Waals surface area contributed by atoms with Crippen molar-refractivity contribution in [2.24, 2.45) is 0 Å². The number of nitrogens with zero attached hydrogens (tertiary/aromatic N) is 1. The molecule has 1 aromatic rings. The van der Waals surface area contributed by atoms with Crippen LogP contribution in [0, 0.1) is 0 Å². The number of hydrogen-bond acceptors (Lipinski definition) is 5. The van der Waals surface area contributed by atoms with Crippen molar-refractivity contribution < 1.29 is 22.6 Å². The van der Waals surface area contributed by atoms with E-state index in [1.54, 1.807) is 32.4 Å². The Hall–Kier alpha value is -1.51. The first-order valence-corrected chi connectivity index (χ1v) is 9.05. The topological polar surface area (TPSA) is 77.1 Å². The molecule has 0 amide bonds. The molecule has 0 atom stereocenters. The van der Waals surface area contributed by atoms with Gasteiger partial charge in [-0.1, -0.05) is 0 Å². The van der Waals surface area contributed by atoms with Crippen LogP contribution in [0.3, 0.4) is 0 Å². The zero-order chi connectivity index (χ0) is 16.9. The molecular formula is C15H24N2O5S. The highest BCUT2D eigenvalue weighted by atomic mass is 32.2. The minimum absolute atomic E-state index is 0.131. The lowest BCUT2D eigenvalue weighted by Gasteiger charge is -2.30. The van der Waals surface area contributed by atoms with Gasteiger partial charge in [0.05, 0.1) is 25.5 Å². The summed E-state index contributed by atoms with van der Waals surface area (Å²) in [6, 6.07) is 4.96. The summed E-state index contributed by atoms with van der Waals surface area (Å²) in [5, 5.41) is 0. The van der Waals surface area contributed by atoms with Gasteiger partial charge in [-0.25, -0.2) is 0 Å². The fourth-order valence-corrected chi connectivity index (χ4v) is 3.78. The highest BCUT2D eigenvalue weighted by Gasteiger charge is 2.28. The second-order valence-corrected chi connectivity index (χ2v) is 6.91. The highest BCUT2D eigenvalue weighted by Crippen LogP contribution is 2.31. The van der Waals surface area contributed by atoms with Gasteiger partial charge in [0.15, 0.2) is 11.5 Å². The monoisotopic (exact) mass is 344 g/mol. The van der Waals surface area contributed by atoms with E-state index in [9.17, 15) is 8.42 Å². The van der Waals surface area contributed by atoms with Crippen LogP contribution in [0.25, 0.3) is 0 Å². The number of piperidine rings is 1. The van der Waals surface area contributed by atoms with Crippen LogP contribution in [0.1, 0.15) is 19.8 Å². The van der Waals surface area contributed by atoms with Gasteiger partial charge in [-0.2, -0.15) is 12.7 Å². The quantitative estimate of drug-likeness (QED) is 0.817. The number of rotatable bonds is 7. The van der Waals surface area contributed by atoms with E-state index in [-0.39, 0.29) is 6.10 Å². The van der Waals surface area contributed by atoms with E-state index in [0.717, 1.165) is 0 Å². The molecule has 1 aromatic carbocycles. The molecule has 1 fully saturated rings. The first-order chi connectivity index (χ1) is 11.0. The maximum atomic E-state index is 12.5. The Bertz CT molecular complexity index is 612. The van der Waals surface area contributed by atoms with Gasteiger partial charge >= 0.3 is 10.2 Å². The molecule has 2 rings (SSSR count). The molecular weight excluding hydrogens is 320 g/mol. The molecule has 130 valence electrons. The van der Waals surface area contributed by atoms with Crippen LogP contribution in [-0.2, 0) is 14.9 Å². The summed E-state index contributed by atoms with van der Waals surface area (Å²) in [4.78, 5) is 0. The van der Waals surface area contributed by atoms with Gasteiger partial charge < -0.3 is 14.2 Å². The molecule has 1 aliphatic rings. The Kier molecular flexibility index (Phi) is 6.09. The van der Waals surface area contributed by atoms with Gasteiger partial charge in [0.2, 0.25) is 0 Å². The molecule has 1 saturated heterocycles. The summed E-state index contributed by atoms with van der Waals surface area (Å²) in [6.07, 6.45) is 1.53. The Morgan fingerprint density at radius 1 is 1.22 bits per heavy atom. The Balaban J connectivity index is 2.09. The number of ether oxygens (including phenoxy) is 3. The predicted octanol–water partition coefficient (Wildman–Crippen LogP) is 1.86. The molecule has 1 N–H and O–H groups in total. The summed E-state index contributed by atoms with van der Waals surface area (Å²) in [5.74, 6) is 1.07. The SMILES string of the molecule is CCOc1cc(NS(=O)(=O)N2CCC(OC)CC2)ccc1OC. The van der Waals surface area contributed by atoms with Gasteiger partial charge in [0.25, 0.3) is 0 Å². The van der Waals surface area contributed by atoms with Crippen LogP contribution in [0.15, 0.2) is 18.2 Å². The molecule has 1 aliphatic heterocycles. The molecule has 0 saturated carbocycles. The van der Waals surface area contributed by atoms with E-state index in [1.807, 2.05) is 6.92 Å². The van der Waals surface area contributed by atoms with E-state index >= 15 is 0 Å². The van der Waals surface area contributed by atoms with Crippen molar-refractivity contribution in [2.75, 3.05) is 38.6 Å². The molecule has 0 aliphatic carbocycles. The normalized spacial score (nSPS) is 17.0. The van der Waals surface area contributed by atoms with Crippen molar-refractivity contribution in [3.05, 3.63) is 18.2 Å². The van der Waals surface area contributed by atoms with Crippen LogP contribution in [0.4, 0.5) is 5.69 Å². The molecule has 1 heterocycles. The Morgan fingerprint density at radius 2 is 1.91 bits per heavy atom. The predicted molar refractivity (Wildman–Crippen MR) is 88.3 cm³/mol. The van der Waals surface area contributed by atoms with Crippen molar-refractivity contribution in [3.63, 3.8) is 0 Å². The summed E-state index contributed by atoms with van der Waals surface area (Å²) < 4.78 is 44.9. The second-order valence-electron chi connectivity index (χ2n) is 5.24. The second kappa shape index (κ2) is 7.85. The maximum Gasteiger partial charge on any atom is 0.301 e. The van der Waals surface area contributed by atoms with Gasteiger partial charge in [-0.15, -0.1) is 0 Å². The van der Waals surface area contributed by atoms with Gasteiger partial charge in [-0.05, 0) is 31.9 Å². The lowest BCUT2D eigenvalue weighted by Crippen LogP contribution is -2.43. The third kappa shape index (κ3) is 4.49. The van der Waals surface area contributed by atoms with E-state index in [0.29, 0.717) is 49.7 Å². The first kappa shape index (κ1) is 17.8. The molecule has 0 aromatic heterocycles. The third-order valence-corrected chi connectivity index (χ3v) is 5.32. The minimum Gasteiger partial charge on any atom is -0.493 e. The molecule has 0 radical (unpaired) electrons. The summed E-state index contributed by atoms with van der Waals surface area (Å²) in [7, 11) is -0.392. The summed E-state index contributed by atoms with van der Waals surface area (Å²) in [5.41, 5.74) is 0.447. The third-order valence-electron chi connectivity index (χ3n) is 3.78. The Labute approximate surface area is 137 Å². The number of nitrogens with one attached hydrogen (secondary N) is 1. The van der Waals surface area contributed by atoms with Crippen LogP contribution < -0.4 is 14.2 Å². The largest absolute Gasteiger partial charge is 0.493 e. The zero-order valence-electron chi connectivity index (χ0n) is 13.7. The maximum absolute atomic E-state index is 12.5. The molecule has 23 heavy (non-hydrogen) atoms. The van der Waals surface area contributed by atoms with Crippen LogP contribution in [-0.4, -0.2) is 52.7 Å². The summed E-state index contributed by atoms with van der Waals surface area (Å²) in [6.45, 7) is 3.22. The van der Waals surface area contributed by atoms with Crippen LogP contribution >= 0.6 is 0 Å². The molecule has 0 bridgehead atoms. The standard InChI is InChI=1S/C15H24N2O5S/c1-4-22-15-11-12(5-6-14(15)21-3)16-23(18,19)17-9-7-13(20-2)8-10-17/h5-6,11,13,16H,4,7-10H2,1-3H3. The lowest BCUT2D eigenvalue weighted by atomic mass is 10.1.